The number of piperidine rings is 1. The van der Waals surface area contributed by atoms with Gasteiger partial charge in [-0.2, -0.15) is 0 Å². The summed E-state index contributed by atoms with van der Waals surface area (Å²) in [5.41, 5.74) is 2.31. The van der Waals surface area contributed by atoms with Crippen LogP contribution in [-0.2, 0) is 14.8 Å². The molecule has 0 saturated carbocycles. The molecule has 1 aromatic rings. The maximum atomic E-state index is 12.7. The maximum Gasteiger partial charge on any atom is 0.224 e. The quantitative estimate of drug-likeness (QED) is 0.806. The number of carbonyl (C=O) groups excluding carboxylic acids is 1. The Bertz CT molecular complexity index is 742. The molecule has 0 aliphatic carbocycles. The van der Waals surface area contributed by atoms with Gasteiger partial charge in [0.25, 0.3) is 0 Å². The zero-order valence-corrected chi connectivity index (χ0v) is 17.2. The molecule has 150 valence electrons. The summed E-state index contributed by atoms with van der Waals surface area (Å²) in [6.07, 6.45) is 3.97. The molecule has 0 bridgehead atoms. The Morgan fingerprint density at radius 3 is 2.44 bits per heavy atom. The van der Waals surface area contributed by atoms with Crippen molar-refractivity contribution in [2.45, 2.75) is 45.6 Å². The second-order valence-electron chi connectivity index (χ2n) is 7.61. The number of carbonyl (C=O) groups is 1. The van der Waals surface area contributed by atoms with E-state index in [9.17, 15) is 13.2 Å². The molecule has 6 nitrogen and oxygen atoms in total. The smallest absolute Gasteiger partial charge is 0.224 e. The maximum absolute atomic E-state index is 12.7. The zero-order chi connectivity index (χ0) is 19.4. The molecule has 1 N–H and O–H groups in total. The van der Waals surface area contributed by atoms with Crippen LogP contribution in [0, 0.1) is 5.92 Å². The standard InChI is InChI=1S/C20H31N3O3S/c1-3-27(25,26)23-14-6-7-18(15-23)20(24)21-16(2)17-8-10-19(11-9-17)22-12-4-5-13-22/h8-11,16,18H,3-7,12-15H2,1-2H3,(H,21,24)/t16-,18-/m1/s1. The number of benzene rings is 1. The van der Waals surface area contributed by atoms with Crippen LogP contribution in [0.1, 0.15) is 51.1 Å². The topological polar surface area (TPSA) is 69.7 Å². The predicted octanol–water partition coefficient (Wildman–Crippen LogP) is 2.53. The van der Waals surface area contributed by atoms with Crippen LogP contribution < -0.4 is 10.2 Å². The minimum absolute atomic E-state index is 0.0536. The van der Waals surface area contributed by atoms with Gasteiger partial charge in [-0.15, -0.1) is 0 Å². The van der Waals surface area contributed by atoms with Crippen LogP contribution >= 0.6 is 0 Å². The van der Waals surface area contributed by atoms with Crippen LogP contribution in [0.25, 0.3) is 0 Å². The van der Waals surface area contributed by atoms with Crippen LogP contribution in [0.3, 0.4) is 0 Å². The average molecular weight is 394 g/mol. The molecule has 2 aliphatic heterocycles. The third-order valence-electron chi connectivity index (χ3n) is 5.74. The van der Waals surface area contributed by atoms with Crippen molar-refractivity contribution in [3.8, 4) is 0 Å². The number of hydrogen-bond donors (Lipinski definition) is 1. The van der Waals surface area contributed by atoms with Crippen LogP contribution in [-0.4, -0.2) is 50.6 Å². The van der Waals surface area contributed by atoms with E-state index >= 15 is 0 Å². The molecule has 0 radical (unpaired) electrons. The fourth-order valence-corrected chi connectivity index (χ4v) is 5.13. The lowest BCUT2D eigenvalue weighted by Crippen LogP contribution is -2.46. The van der Waals surface area contributed by atoms with Gasteiger partial charge in [0, 0.05) is 31.9 Å². The lowest BCUT2D eigenvalue weighted by molar-refractivity contribution is -0.126. The number of anilines is 1. The SMILES string of the molecule is CCS(=O)(=O)N1CCC[C@@H](C(=O)N[C@H](C)c2ccc(N3CCCC3)cc2)C1. The third-order valence-corrected chi connectivity index (χ3v) is 7.58. The number of amides is 1. The molecule has 0 spiro atoms. The van der Waals surface area contributed by atoms with Gasteiger partial charge in [-0.25, -0.2) is 12.7 Å². The minimum Gasteiger partial charge on any atom is -0.372 e. The molecule has 0 unspecified atom stereocenters. The second kappa shape index (κ2) is 8.61. The van der Waals surface area contributed by atoms with Crippen LogP contribution in [0.2, 0.25) is 0 Å². The molecular formula is C20H31N3O3S. The fourth-order valence-electron chi connectivity index (χ4n) is 3.96. The molecule has 3 rings (SSSR count). The van der Waals surface area contributed by atoms with Crippen molar-refractivity contribution in [2.24, 2.45) is 5.92 Å². The lowest BCUT2D eigenvalue weighted by Gasteiger charge is -2.31. The third kappa shape index (κ3) is 4.82. The molecule has 7 heteroatoms. The van der Waals surface area contributed by atoms with E-state index in [0.717, 1.165) is 31.5 Å². The van der Waals surface area contributed by atoms with Gasteiger partial charge in [0.05, 0.1) is 17.7 Å². The fraction of sp³-hybridized carbons (Fsp3) is 0.650. The Morgan fingerprint density at radius 1 is 1.15 bits per heavy atom. The minimum atomic E-state index is -3.23. The Kier molecular flexibility index (Phi) is 6.42. The van der Waals surface area contributed by atoms with Crippen molar-refractivity contribution in [1.29, 1.82) is 0 Å². The molecule has 27 heavy (non-hydrogen) atoms. The molecule has 0 aromatic heterocycles. The zero-order valence-electron chi connectivity index (χ0n) is 16.4. The van der Waals surface area contributed by atoms with Crippen molar-refractivity contribution in [2.75, 3.05) is 36.8 Å². The van der Waals surface area contributed by atoms with Gasteiger partial charge in [-0.1, -0.05) is 12.1 Å². The van der Waals surface area contributed by atoms with E-state index in [-0.39, 0.29) is 23.6 Å². The molecule has 1 amide bonds. The molecule has 2 saturated heterocycles. The summed E-state index contributed by atoms with van der Waals surface area (Å²) in [7, 11) is -3.23. The van der Waals surface area contributed by atoms with E-state index in [4.69, 9.17) is 0 Å². The van der Waals surface area contributed by atoms with E-state index in [1.807, 2.05) is 6.92 Å². The largest absolute Gasteiger partial charge is 0.372 e. The summed E-state index contributed by atoms with van der Waals surface area (Å²) in [6.45, 7) is 6.67. The van der Waals surface area contributed by atoms with Crippen molar-refractivity contribution in [1.82, 2.24) is 9.62 Å². The van der Waals surface area contributed by atoms with Gasteiger partial charge >= 0.3 is 0 Å². The first kappa shape index (κ1) is 20.1. The average Bonchev–Trinajstić information content (AvgIpc) is 3.23. The van der Waals surface area contributed by atoms with E-state index in [2.05, 4.69) is 34.5 Å². The Hall–Kier alpha value is -1.60. The second-order valence-corrected chi connectivity index (χ2v) is 9.87. The first-order chi connectivity index (χ1) is 12.9. The van der Waals surface area contributed by atoms with Crippen molar-refractivity contribution < 1.29 is 13.2 Å². The van der Waals surface area contributed by atoms with Gasteiger partial charge in [0.15, 0.2) is 0 Å². The van der Waals surface area contributed by atoms with Gasteiger partial charge in [-0.3, -0.25) is 4.79 Å². The molecular weight excluding hydrogens is 362 g/mol. The molecule has 2 fully saturated rings. The highest BCUT2D eigenvalue weighted by atomic mass is 32.2. The number of hydrogen-bond acceptors (Lipinski definition) is 4. The highest BCUT2D eigenvalue weighted by molar-refractivity contribution is 7.89. The van der Waals surface area contributed by atoms with Gasteiger partial charge in [0.2, 0.25) is 15.9 Å². The van der Waals surface area contributed by atoms with Gasteiger partial charge in [-0.05, 0) is 57.2 Å². The summed E-state index contributed by atoms with van der Waals surface area (Å²) in [5, 5.41) is 3.07. The van der Waals surface area contributed by atoms with Crippen molar-refractivity contribution in [3.05, 3.63) is 29.8 Å². The van der Waals surface area contributed by atoms with Crippen LogP contribution in [0.4, 0.5) is 5.69 Å². The summed E-state index contributed by atoms with van der Waals surface area (Å²) in [5.74, 6) is -0.241. The Labute approximate surface area is 163 Å². The predicted molar refractivity (Wildman–Crippen MR) is 108 cm³/mol. The highest BCUT2D eigenvalue weighted by Gasteiger charge is 2.31. The van der Waals surface area contributed by atoms with Crippen LogP contribution in [0.5, 0.6) is 0 Å². The van der Waals surface area contributed by atoms with Crippen molar-refractivity contribution >= 4 is 21.6 Å². The van der Waals surface area contributed by atoms with E-state index in [1.54, 1.807) is 6.92 Å². The number of nitrogens with one attached hydrogen (secondary N) is 1. The summed E-state index contributed by atoms with van der Waals surface area (Å²) < 4.78 is 25.7. The normalized spacial score (nSPS) is 22.6. The summed E-state index contributed by atoms with van der Waals surface area (Å²) in [6, 6.07) is 8.31. The Balaban J connectivity index is 1.58. The van der Waals surface area contributed by atoms with Gasteiger partial charge < -0.3 is 10.2 Å². The van der Waals surface area contributed by atoms with E-state index in [1.165, 1.54) is 22.8 Å². The number of nitrogens with zero attached hydrogens (tertiary/aromatic N) is 2. The van der Waals surface area contributed by atoms with E-state index in [0.29, 0.717) is 13.1 Å². The molecule has 2 aliphatic rings. The van der Waals surface area contributed by atoms with Crippen LogP contribution in [0.15, 0.2) is 24.3 Å². The highest BCUT2D eigenvalue weighted by Crippen LogP contribution is 2.24. The van der Waals surface area contributed by atoms with E-state index < -0.39 is 10.0 Å². The lowest BCUT2D eigenvalue weighted by atomic mass is 9.98. The first-order valence-corrected chi connectivity index (χ1v) is 11.6. The molecule has 2 atom stereocenters. The monoisotopic (exact) mass is 393 g/mol. The summed E-state index contributed by atoms with van der Waals surface area (Å²) >= 11 is 0. The first-order valence-electron chi connectivity index (χ1n) is 10.0. The summed E-state index contributed by atoms with van der Waals surface area (Å²) in [4.78, 5) is 15.1. The number of sulfonamides is 1. The Morgan fingerprint density at radius 2 is 1.81 bits per heavy atom. The van der Waals surface area contributed by atoms with Crippen molar-refractivity contribution in [3.63, 3.8) is 0 Å². The molecule has 2 heterocycles. The molecule has 1 aromatic carbocycles. The number of rotatable bonds is 6. The van der Waals surface area contributed by atoms with Gasteiger partial charge in [0.1, 0.15) is 0 Å².